The number of hydrogen-bond donors (Lipinski definition) is 1. The molecule has 0 saturated carbocycles. The van der Waals surface area contributed by atoms with Crippen molar-refractivity contribution in [1.29, 1.82) is 0 Å². The molecule has 0 aliphatic carbocycles. The molecule has 26 heavy (non-hydrogen) atoms. The first-order chi connectivity index (χ1) is 12.3. The lowest BCUT2D eigenvalue weighted by Gasteiger charge is -2.19. The zero-order chi connectivity index (χ0) is 18.6. The predicted molar refractivity (Wildman–Crippen MR) is 91.2 cm³/mol. The third-order valence-corrected chi connectivity index (χ3v) is 4.66. The number of likely N-dealkylation sites (N-methyl/N-ethyl adjacent to an activating group) is 1. The monoisotopic (exact) mass is 360 g/mol. The highest BCUT2D eigenvalue weighted by Crippen LogP contribution is 2.38. The van der Waals surface area contributed by atoms with Crippen molar-refractivity contribution in [2.75, 3.05) is 11.9 Å². The van der Waals surface area contributed by atoms with E-state index in [1.165, 1.54) is 21.7 Å². The Labute approximate surface area is 146 Å². The van der Waals surface area contributed by atoms with Gasteiger partial charge in [-0.25, -0.2) is 4.98 Å². The number of benzene rings is 1. The van der Waals surface area contributed by atoms with Crippen LogP contribution in [0.2, 0.25) is 0 Å². The van der Waals surface area contributed by atoms with E-state index in [-0.39, 0.29) is 18.1 Å². The van der Waals surface area contributed by atoms with E-state index >= 15 is 0 Å². The molecule has 8 heteroatoms. The molecule has 5 nitrogen and oxygen atoms in total. The topological polar surface area (TPSA) is 64.2 Å². The molecule has 2 aromatic heterocycles. The lowest BCUT2D eigenvalue weighted by molar-refractivity contribution is -0.137. The van der Waals surface area contributed by atoms with Crippen LogP contribution in [-0.4, -0.2) is 28.5 Å². The molecule has 0 bridgehead atoms. The van der Waals surface area contributed by atoms with Gasteiger partial charge in [0, 0.05) is 24.8 Å². The largest absolute Gasteiger partial charge is 0.419 e. The third kappa shape index (κ3) is 2.37. The van der Waals surface area contributed by atoms with Crippen LogP contribution in [0.1, 0.15) is 11.1 Å². The number of carbonyl (C=O) groups is 1. The molecule has 4 rings (SSSR count). The number of nitrogens with two attached hydrogens (primary N) is 1. The number of alkyl halides is 3. The summed E-state index contributed by atoms with van der Waals surface area (Å²) in [7, 11) is 1.62. The van der Waals surface area contributed by atoms with Crippen LogP contribution in [0.15, 0.2) is 42.7 Å². The number of rotatable bonds is 1. The predicted octanol–water partition coefficient (Wildman–Crippen LogP) is 2.89. The Morgan fingerprint density at radius 3 is 2.73 bits per heavy atom. The van der Waals surface area contributed by atoms with E-state index in [1.807, 2.05) is 0 Å². The molecular formula is C18H15F3N4O. The molecule has 1 atom stereocenters. The summed E-state index contributed by atoms with van der Waals surface area (Å²) in [6.07, 6.45) is -1.36. The molecule has 1 aromatic carbocycles. The first-order valence-corrected chi connectivity index (χ1v) is 7.97. The van der Waals surface area contributed by atoms with Gasteiger partial charge < -0.3 is 15.2 Å². The van der Waals surface area contributed by atoms with Gasteiger partial charge in [0.1, 0.15) is 5.82 Å². The molecule has 1 amide bonds. The van der Waals surface area contributed by atoms with Crippen LogP contribution < -0.4 is 10.6 Å². The van der Waals surface area contributed by atoms with Gasteiger partial charge in [0.25, 0.3) is 0 Å². The highest BCUT2D eigenvalue weighted by molar-refractivity contribution is 6.08. The highest BCUT2D eigenvalue weighted by atomic mass is 19.4. The van der Waals surface area contributed by atoms with E-state index < -0.39 is 17.8 Å². The summed E-state index contributed by atoms with van der Waals surface area (Å²) in [5.74, 6) is -0.425. The van der Waals surface area contributed by atoms with Gasteiger partial charge in [-0.15, -0.1) is 0 Å². The molecule has 134 valence electrons. The minimum Gasteiger partial charge on any atom is -0.320 e. The van der Waals surface area contributed by atoms with Crippen LogP contribution in [0.3, 0.4) is 0 Å². The van der Waals surface area contributed by atoms with E-state index in [4.69, 9.17) is 5.73 Å². The van der Waals surface area contributed by atoms with Gasteiger partial charge in [0.15, 0.2) is 0 Å². The van der Waals surface area contributed by atoms with Gasteiger partial charge in [-0.1, -0.05) is 6.07 Å². The van der Waals surface area contributed by atoms with Crippen LogP contribution in [0.5, 0.6) is 0 Å². The molecule has 0 saturated heterocycles. The van der Waals surface area contributed by atoms with Crippen molar-refractivity contribution in [3.05, 3.63) is 53.9 Å². The SMILES string of the molecule is CN1C(=O)C(N)Cc2cn(-c3ncccc3C(F)(F)F)c3cccc1c23. The Bertz CT molecular complexity index is 1020. The average molecular weight is 360 g/mol. The molecule has 1 unspecified atom stereocenters. The van der Waals surface area contributed by atoms with E-state index in [0.717, 1.165) is 17.0 Å². The van der Waals surface area contributed by atoms with Crippen molar-refractivity contribution in [2.24, 2.45) is 5.73 Å². The zero-order valence-corrected chi connectivity index (χ0v) is 13.8. The summed E-state index contributed by atoms with van der Waals surface area (Å²) in [5.41, 5.74) is 7.05. The number of carbonyl (C=O) groups excluding carboxylic acids is 1. The summed E-state index contributed by atoms with van der Waals surface area (Å²) in [6.45, 7) is 0. The van der Waals surface area contributed by atoms with Crippen LogP contribution in [-0.2, 0) is 17.4 Å². The standard InChI is InChI=1S/C18H15F3N4O/c1-24-13-5-2-6-14-15(13)10(8-12(22)17(24)26)9-25(14)16-11(18(19,20)21)4-3-7-23-16/h2-7,9,12H,8,22H2,1H3. The summed E-state index contributed by atoms with van der Waals surface area (Å²) < 4.78 is 41.7. The van der Waals surface area contributed by atoms with Crippen molar-refractivity contribution in [2.45, 2.75) is 18.6 Å². The second-order valence-electron chi connectivity index (χ2n) is 6.28. The molecule has 1 aliphatic rings. The quantitative estimate of drug-likeness (QED) is 0.726. The number of amides is 1. The fourth-order valence-electron chi connectivity index (χ4n) is 3.46. The average Bonchev–Trinajstić information content (AvgIpc) is 2.94. The van der Waals surface area contributed by atoms with Crippen molar-refractivity contribution >= 4 is 22.5 Å². The minimum atomic E-state index is -4.53. The first-order valence-electron chi connectivity index (χ1n) is 7.97. The zero-order valence-electron chi connectivity index (χ0n) is 13.8. The smallest absolute Gasteiger partial charge is 0.320 e. The molecule has 3 heterocycles. The Hall–Kier alpha value is -2.87. The molecular weight excluding hydrogens is 345 g/mol. The van der Waals surface area contributed by atoms with Crippen molar-refractivity contribution in [3.63, 3.8) is 0 Å². The molecule has 2 N–H and O–H groups in total. The van der Waals surface area contributed by atoms with Crippen LogP contribution in [0.25, 0.3) is 16.7 Å². The maximum Gasteiger partial charge on any atom is 0.419 e. The Balaban J connectivity index is 2.04. The number of pyridine rings is 1. The number of nitrogens with zero attached hydrogens (tertiary/aromatic N) is 3. The third-order valence-electron chi connectivity index (χ3n) is 4.66. The number of aromatic nitrogens is 2. The summed E-state index contributed by atoms with van der Waals surface area (Å²) in [4.78, 5) is 17.8. The van der Waals surface area contributed by atoms with Gasteiger partial charge in [0.2, 0.25) is 5.91 Å². The lowest BCUT2D eigenvalue weighted by Crippen LogP contribution is -2.42. The van der Waals surface area contributed by atoms with Crippen LogP contribution in [0, 0.1) is 0 Å². The van der Waals surface area contributed by atoms with Gasteiger partial charge >= 0.3 is 6.18 Å². The maximum absolute atomic E-state index is 13.4. The van der Waals surface area contributed by atoms with E-state index in [9.17, 15) is 18.0 Å². The van der Waals surface area contributed by atoms with Crippen molar-refractivity contribution in [1.82, 2.24) is 9.55 Å². The molecule has 0 fully saturated rings. The van der Waals surface area contributed by atoms with Gasteiger partial charge in [0.05, 0.1) is 22.8 Å². The summed E-state index contributed by atoms with van der Waals surface area (Å²) >= 11 is 0. The number of halogens is 3. The molecule has 0 spiro atoms. The minimum absolute atomic E-state index is 0.198. The summed E-state index contributed by atoms with van der Waals surface area (Å²) in [5, 5.41) is 0.718. The lowest BCUT2D eigenvalue weighted by atomic mass is 10.1. The molecule has 0 radical (unpaired) electrons. The van der Waals surface area contributed by atoms with Crippen LogP contribution in [0.4, 0.5) is 18.9 Å². The Kier molecular flexibility index (Phi) is 3.55. The Morgan fingerprint density at radius 1 is 1.23 bits per heavy atom. The Morgan fingerprint density at radius 2 is 2.00 bits per heavy atom. The van der Waals surface area contributed by atoms with E-state index in [2.05, 4.69) is 4.98 Å². The second kappa shape index (κ2) is 5.57. The highest BCUT2D eigenvalue weighted by Gasteiger charge is 2.36. The van der Waals surface area contributed by atoms with Gasteiger partial charge in [-0.05, 0) is 36.2 Å². The van der Waals surface area contributed by atoms with Crippen molar-refractivity contribution < 1.29 is 18.0 Å². The number of anilines is 1. The summed E-state index contributed by atoms with van der Waals surface area (Å²) in [6, 6.07) is 6.69. The molecule has 3 aromatic rings. The maximum atomic E-state index is 13.4. The van der Waals surface area contributed by atoms with Gasteiger partial charge in [-0.3, -0.25) is 4.79 Å². The van der Waals surface area contributed by atoms with Gasteiger partial charge in [-0.2, -0.15) is 13.2 Å². The van der Waals surface area contributed by atoms with Crippen LogP contribution >= 0.6 is 0 Å². The number of hydrogen-bond acceptors (Lipinski definition) is 3. The first kappa shape index (κ1) is 16.6. The fourth-order valence-corrected chi connectivity index (χ4v) is 3.46. The second-order valence-corrected chi connectivity index (χ2v) is 6.28. The normalized spacial score (nSPS) is 17.7. The van der Waals surface area contributed by atoms with E-state index in [1.54, 1.807) is 31.4 Å². The molecule has 1 aliphatic heterocycles. The fraction of sp³-hybridized carbons (Fsp3) is 0.222. The van der Waals surface area contributed by atoms with E-state index in [0.29, 0.717) is 11.2 Å². The van der Waals surface area contributed by atoms with Crippen molar-refractivity contribution in [3.8, 4) is 5.82 Å².